The number of aryl methyl sites for hydroxylation is 1. The van der Waals surface area contributed by atoms with Crippen LogP contribution in [0, 0.1) is 6.92 Å². The first-order valence-corrected chi connectivity index (χ1v) is 7.16. The third-order valence-electron chi connectivity index (χ3n) is 3.35. The predicted octanol–water partition coefficient (Wildman–Crippen LogP) is 3.49. The summed E-state index contributed by atoms with van der Waals surface area (Å²) in [4.78, 5) is 12.1. The highest BCUT2D eigenvalue weighted by molar-refractivity contribution is 6.03. The number of aromatic nitrogens is 2. The minimum atomic E-state index is -0.151. The van der Waals surface area contributed by atoms with Crippen LogP contribution in [0.5, 0.6) is 0 Å². The van der Waals surface area contributed by atoms with Gasteiger partial charge in [-0.05, 0) is 24.6 Å². The van der Waals surface area contributed by atoms with Gasteiger partial charge in [0.25, 0.3) is 5.91 Å². The van der Waals surface area contributed by atoms with E-state index in [1.165, 1.54) is 11.1 Å². The largest absolute Gasteiger partial charge is 0.305 e. The third kappa shape index (κ3) is 3.41. The number of anilines is 1. The van der Waals surface area contributed by atoms with Crippen LogP contribution in [-0.2, 0) is 6.54 Å². The normalized spacial score (nSPS) is 10.4. The second kappa shape index (κ2) is 6.26. The maximum Gasteiger partial charge on any atom is 0.256 e. The number of nitrogens with one attached hydrogen (secondary N) is 1. The van der Waals surface area contributed by atoms with E-state index in [2.05, 4.69) is 35.5 Å². The second-order valence-corrected chi connectivity index (χ2v) is 5.21. The Balaban J connectivity index is 1.68. The summed E-state index contributed by atoms with van der Waals surface area (Å²) in [6.45, 7) is 2.75. The number of hydrogen-bond acceptors (Lipinski definition) is 2. The van der Waals surface area contributed by atoms with Crippen molar-refractivity contribution in [3.8, 4) is 0 Å². The molecule has 110 valence electrons. The molecule has 4 nitrogen and oxygen atoms in total. The van der Waals surface area contributed by atoms with Crippen molar-refractivity contribution in [3.05, 3.63) is 83.6 Å². The van der Waals surface area contributed by atoms with E-state index >= 15 is 0 Å². The summed E-state index contributed by atoms with van der Waals surface area (Å²) in [5, 5.41) is 7.19. The topological polar surface area (TPSA) is 46.9 Å². The van der Waals surface area contributed by atoms with Gasteiger partial charge in [-0.15, -0.1) is 0 Å². The second-order valence-electron chi connectivity index (χ2n) is 5.21. The zero-order valence-electron chi connectivity index (χ0n) is 12.4. The first-order valence-electron chi connectivity index (χ1n) is 7.16. The fraction of sp³-hybridized carbons (Fsp3) is 0.111. The molecule has 0 spiro atoms. The molecule has 0 saturated heterocycles. The minimum Gasteiger partial charge on any atom is -0.305 e. The monoisotopic (exact) mass is 291 g/mol. The van der Waals surface area contributed by atoms with Crippen molar-refractivity contribution >= 4 is 11.7 Å². The van der Waals surface area contributed by atoms with Gasteiger partial charge in [0.1, 0.15) is 0 Å². The van der Waals surface area contributed by atoms with E-state index in [0.29, 0.717) is 17.9 Å². The Bertz CT molecular complexity index is 778. The van der Waals surface area contributed by atoms with E-state index in [0.717, 1.165) is 0 Å². The molecule has 0 aliphatic carbocycles. The Labute approximate surface area is 129 Å². The molecular weight excluding hydrogens is 274 g/mol. The Morgan fingerprint density at radius 1 is 1.09 bits per heavy atom. The van der Waals surface area contributed by atoms with E-state index in [-0.39, 0.29) is 5.91 Å². The van der Waals surface area contributed by atoms with Gasteiger partial charge in [-0.1, -0.05) is 48.0 Å². The summed E-state index contributed by atoms with van der Waals surface area (Å²) in [6.07, 6.45) is 1.86. The summed E-state index contributed by atoms with van der Waals surface area (Å²) in [6, 6.07) is 19.2. The SMILES string of the molecule is Cc1cccc(Cn2ccc(NC(=O)c3ccccc3)n2)c1. The molecule has 3 aromatic rings. The van der Waals surface area contributed by atoms with Crippen LogP contribution in [0.15, 0.2) is 66.9 Å². The molecular formula is C18H17N3O. The zero-order chi connectivity index (χ0) is 15.4. The van der Waals surface area contributed by atoms with Crippen molar-refractivity contribution in [2.75, 3.05) is 5.32 Å². The molecule has 0 saturated carbocycles. The van der Waals surface area contributed by atoms with E-state index in [4.69, 9.17) is 0 Å². The van der Waals surface area contributed by atoms with Crippen LogP contribution in [-0.4, -0.2) is 15.7 Å². The molecule has 22 heavy (non-hydrogen) atoms. The van der Waals surface area contributed by atoms with Gasteiger partial charge in [0.05, 0.1) is 6.54 Å². The number of carbonyl (C=O) groups excluding carboxylic acids is 1. The quantitative estimate of drug-likeness (QED) is 0.800. The lowest BCUT2D eigenvalue weighted by atomic mass is 10.1. The Morgan fingerprint density at radius 3 is 2.68 bits per heavy atom. The van der Waals surface area contributed by atoms with Crippen LogP contribution < -0.4 is 5.32 Å². The van der Waals surface area contributed by atoms with Crippen LogP contribution in [0.1, 0.15) is 21.5 Å². The minimum absolute atomic E-state index is 0.151. The molecule has 1 N–H and O–H groups in total. The standard InChI is InChI=1S/C18H17N3O/c1-14-6-5-7-15(12-14)13-21-11-10-17(20-21)19-18(22)16-8-3-2-4-9-16/h2-12H,13H2,1H3,(H,19,20,22). The van der Waals surface area contributed by atoms with Crippen LogP contribution in [0.3, 0.4) is 0 Å². The van der Waals surface area contributed by atoms with E-state index in [9.17, 15) is 4.79 Å². The molecule has 0 bridgehead atoms. The van der Waals surface area contributed by atoms with Crippen molar-refractivity contribution in [2.45, 2.75) is 13.5 Å². The van der Waals surface area contributed by atoms with E-state index in [1.54, 1.807) is 18.2 Å². The first-order chi connectivity index (χ1) is 10.7. The summed E-state index contributed by atoms with van der Waals surface area (Å²) in [7, 11) is 0. The van der Waals surface area contributed by atoms with Gasteiger partial charge in [0.15, 0.2) is 5.82 Å². The molecule has 1 heterocycles. The van der Waals surface area contributed by atoms with Gasteiger partial charge in [-0.3, -0.25) is 9.48 Å². The maximum atomic E-state index is 12.1. The number of amides is 1. The van der Waals surface area contributed by atoms with Gasteiger partial charge in [-0.25, -0.2) is 0 Å². The smallest absolute Gasteiger partial charge is 0.256 e. The zero-order valence-corrected chi connectivity index (χ0v) is 12.4. The highest BCUT2D eigenvalue weighted by atomic mass is 16.1. The third-order valence-corrected chi connectivity index (χ3v) is 3.35. The fourth-order valence-corrected chi connectivity index (χ4v) is 2.29. The molecule has 0 aliphatic rings. The van der Waals surface area contributed by atoms with E-state index in [1.807, 2.05) is 35.1 Å². The lowest BCUT2D eigenvalue weighted by Crippen LogP contribution is -2.12. The fourth-order valence-electron chi connectivity index (χ4n) is 2.29. The predicted molar refractivity (Wildman–Crippen MR) is 86.9 cm³/mol. The summed E-state index contributed by atoms with van der Waals surface area (Å²) in [5.41, 5.74) is 3.03. The van der Waals surface area contributed by atoms with Gasteiger partial charge in [-0.2, -0.15) is 5.10 Å². The van der Waals surface area contributed by atoms with Gasteiger partial charge in [0, 0.05) is 17.8 Å². The Hall–Kier alpha value is -2.88. The Morgan fingerprint density at radius 2 is 1.91 bits per heavy atom. The van der Waals surface area contributed by atoms with Crippen LogP contribution in [0.2, 0.25) is 0 Å². The van der Waals surface area contributed by atoms with Gasteiger partial charge >= 0.3 is 0 Å². The van der Waals surface area contributed by atoms with Crippen LogP contribution in [0.25, 0.3) is 0 Å². The molecule has 0 atom stereocenters. The summed E-state index contributed by atoms with van der Waals surface area (Å²) in [5.74, 6) is 0.405. The number of carbonyl (C=O) groups is 1. The molecule has 1 amide bonds. The molecule has 0 unspecified atom stereocenters. The lowest BCUT2D eigenvalue weighted by molar-refractivity contribution is 0.102. The van der Waals surface area contributed by atoms with Gasteiger partial charge < -0.3 is 5.32 Å². The van der Waals surface area contributed by atoms with E-state index < -0.39 is 0 Å². The van der Waals surface area contributed by atoms with Crippen molar-refractivity contribution < 1.29 is 4.79 Å². The number of nitrogens with zero attached hydrogens (tertiary/aromatic N) is 2. The lowest BCUT2D eigenvalue weighted by Gasteiger charge is -2.04. The molecule has 0 radical (unpaired) electrons. The van der Waals surface area contributed by atoms with Crippen LogP contribution in [0.4, 0.5) is 5.82 Å². The number of rotatable bonds is 4. The average molecular weight is 291 g/mol. The van der Waals surface area contributed by atoms with Gasteiger partial charge in [0.2, 0.25) is 0 Å². The molecule has 4 heteroatoms. The molecule has 3 rings (SSSR count). The highest BCUT2D eigenvalue weighted by Gasteiger charge is 2.07. The van der Waals surface area contributed by atoms with Crippen molar-refractivity contribution in [2.24, 2.45) is 0 Å². The van der Waals surface area contributed by atoms with Crippen LogP contribution >= 0.6 is 0 Å². The summed E-state index contributed by atoms with van der Waals surface area (Å²) >= 11 is 0. The van der Waals surface area contributed by atoms with Crippen molar-refractivity contribution in [1.82, 2.24) is 9.78 Å². The Kier molecular flexibility index (Phi) is 4.01. The molecule has 0 aliphatic heterocycles. The molecule has 1 aromatic heterocycles. The number of benzene rings is 2. The van der Waals surface area contributed by atoms with Crippen molar-refractivity contribution in [1.29, 1.82) is 0 Å². The first kappa shape index (κ1) is 14.1. The molecule has 2 aromatic carbocycles. The average Bonchev–Trinajstić information content (AvgIpc) is 2.95. The maximum absolute atomic E-state index is 12.1. The number of hydrogen-bond donors (Lipinski definition) is 1. The molecule has 0 fully saturated rings. The highest BCUT2D eigenvalue weighted by Crippen LogP contribution is 2.10. The summed E-state index contributed by atoms with van der Waals surface area (Å²) < 4.78 is 1.81. The van der Waals surface area contributed by atoms with Crippen molar-refractivity contribution in [3.63, 3.8) is 0 Å².